The Morgan fingerprint density at radius 2 is 1.81 bits per heavy atom. The van der Waals surface area contributed by atoms with Crippen molar-refractivity contribution in [2.75, 3.05) is 12.0 Å². The van der Waals surface area contributed by atoms with Gasteiger partial charge in [-0.1, -0.05) is 36.4 Å². The lowest BCUT2D eigenvalue weighted by Gasteiger charge is -2.43. The van der Waals surface area contributed by atoms with Gasteiger partial charge in [0.15, 0.2) is 0 Å². The Balaban J connectivity index is 1.53. The Hall–Kier alpha value is -4.46. The number of rotatable bonds is 6. The fourth-order valence-corrected chi connectivity index (χ4v) is 4.47. The summed E-state index contributed by atoms with van der Waals surface area (Å²) in [6.45, 7) is 2.07. The highest BCUT2D eigenvalue weighted by atomic mass is 19.1. The smallest absolute Gasteiger partial charge is 0.277 e. The maximum Gasteiger partial charge on any atom is 0.277 e. The summed E-state index contributed by atoms with van der Waals surface area (Å²) in [5.74, 6) is -0.586. The third-order valence-electron chi connectivity index (χ3n) is 6.39. The molecule has 182 valence electrons. The van der Waals surface area contributed by atoms with Gasteiger partial charge in [-0.2, -0.15) is 5.10 Å². The molecule has 0 radical (unpaired) electrons. The molecule has 1 aromatic heterocycles. The number of aromatic nitrogens is 2. The van der Waals surface area contributed by atoms with Crippen LogP contribution in [-0.4, -0.2) is 34.2 Å². The second-order valence-corrected chi connectivity index (χ2v) is 8.86. The van der Waals surface area contributed by atoms with Crippen molar-refractivity contribution >= 4 is 17.5 Å². The summed E-state index contributed by atoms with van der Waals surface area (Å²) in [6.07, 6.45) is 0. The van der Waals surface area contributed by atoms with Crippen molar-refractivity contribution in [2.24, 2.45) is 0 Å². The van der Waals surface area contributed by atoms with Gasteiger partial charge in [-0.3, -0.25) is 19.2 Å². The van der Waals surface area contributed by atoms with Crippen molar-refractivity contribution in [2.45, 2.75) is 25.6 Å². The van der Waals surface area contributed by atoms with Crippen LogP contribution in [0.15, 0.2) is 84.9 Å². The van der Waals surface area contributed by atoms with Crippen LogP contribution in [0.4, 0.5) is 10.1 Å². The zero-order valence-electron chi connectivity index (χ0n) is 19.9. The van der Waals surface area contributed by atoms with E-state index in [0.717, 1.165) is 11.1 Å². The van der Waals surface area contributed by atoms with Crippen LogP contribution in [0.2, 0.25) is 0 Å². The number of carbonyl (C=O) groups excluding carboxylic acids is 2. The van der Waals surface area contributed by atoms with E-state index in [9.17, 15) is 14.0 Å². The number of nitrogens with one attached hydrogen (secondary N) is 1. The first kappa shape index (κ1) is 23.3. The number of hydrogen-bond acceptors (Lipinski definition) is 4. The maximum atomic E-state index is 14.2. The molecule has 1 N–H and O–H groups in total. The molecule has 0 bridgehead atoms. The van der Waals surface area contributed by atoms with Crippen LogP contribution < -0.4 is 15.0 Å². The van der Waals surface area contributed by atoms with Crippen LogP contribution in [0.5, 0.6) is 5.75 Å². The molecule has 0 saturated heterocycles. The van der Waals surface area contributed by atoms with Crippen LogP contribution in [0.3, 0.4) is 0 Å². The molecule has 2 heterocycles. The molecule has 1 aliphatic rings. The number of nitrogens with zero attached hydrogens (tertiary/aromatic N) is 3. The largest absolute Gasteiger partial charge is 0.497 e. The van der Waals surface area contributed by atoms with E-state index in [1.54, 1.807) is 30.8 Å². The average molecular weight is 485 g/mol. The van der Waals surface area contributed by atoms with E-state index < -0.39 is 17.3 Å². The highest BCUT2D eigenvalue weighted by Crippen LogP contribution is 2.34. The van der Waals surface area contributed by atoms with E-state index in [1.165, 1.54) is 23.1 Å². The third-order valence-corrected chi connectivity index (χ3v) is 6.39. The van der Waals surface area contributed by atoms with Crippen LogP contribution >= 0.6 is 0 Å². The molecule has 0 spiro atoms. The van der Waals surface area contributed by atoms with Crippen molar-refractivity contribution in [1.82, 2.24) is 15.1 Å². The first-order chi connectivity index (χ1) is 17.4. The van der Waals surface area contributed by atoms with E-state index in [0.29, 0.717) is 29.4 Å². The summed E-state index contributed by atoms with van der Waals surface area (Å²) in [7, 11) is 1.59. The van der Waals surface area contributed by atoms with Crippen molar-refractivity contribution in [3.05, 3.63) is 102 Å². The Kier molecular flexibility index (Phi) is 6.01. The molecule has 1 atom stereocenters. The van der Waals surface area contributed by atoms with Crippen molar-refractivity contribution < 1.29 is 18.7 Å². The minimum absolute atomic E-state index is 0.0986. The summed E-state index contributed by atoms with van der Waals surface area (Å²) in [5.41, 5.74) is 1.59. The first-order valence-electron chi connectivity index (χ1n) is 11.5. The number of amides is 2. The molecule has 5 rings (SSSR count). The van der Waals surface area contributed by atoms with Gasteiger partial charge in [0.05, 0.1) is 19.3 Å². The second kappa shape index (κ2) is 9.30. The number of carbonyl (C=O) groups is 2. The summed E-state index contributed by atoms with van der Waals surface area (Å²) >= 11 is 0. The molecule has 0 fully saturated rings. The van der Waals surface area contributed by atoms with E-state index in [-0.39, 0.29) is 12.5 Å². The lowest BCUT2D eigenvalue weighted by atomic mass is 9.93. The molecule has 2 amide bonds. The number of fused-ring (bicyclic) bond motifs is 1. The fourth-order valence-electron chi connectivity index (χ4n) is 4.47. The maximum absolute atomic E-state index is 14.2. The highest BCUT2D eigenvalue weighted by Gasteiger charge is 2.49. The Labute approximate surface area is 208 Å². The minimum atomic E-state index is -1.35. The topological polar surface area (TPSA) is 76.5 Å². The van der Waals surface area contributed by atoms with Crippen molar-refractivity contribution in [1.29, 1.82) is 0 Å². The fraction of sp³-hybridized carbons (Fsp3) is 0.179. The summed E-state index contributed by atoms with van der Waals surface area (Å²) in [6, 6.07) is 24.2. The molecule has 36 heavy (non-hydrogen) atoms. The van der Waals surface area contributed by atoms with Crippen molar-refractivity contribution in [3.63, 3.8) is 0 Å². The van der Waals surface area contributed by atoms with Gasteiger partial charge >= 0.3 is 0 Å². The monoisotopic (exact) mass is 484 g/mol. The van der Waals surface area contributed by atoms with Gasteiger partial charge in [0.2, 0.25) is 5.91 Å². The Morgan fingerprint density at radius 3 is 2.50 bits per heavy atom. The average Bonchev–Trinajstić information content (AvgIpc) is 3.32. The zero-order chi connectivity index (χ0) is 25.3. The van der Waals surface area contributed by atoms with Gasteiger partial charge in [-0.05, 0) is 61.0 Å². The molecule has 3 aromatic carbocycles. The lowest BCUT2D eigenvalue weighted by molar-refractivity contribution is -0.126. The molecule has 0 saturated carbocycles. The Morgan fingerprint density at radius 1 is 1.06 bits per heavy atom. The lowest BCUT2D eigenvalue weighted by Crippen LogP contribution is -2.64. The molecule has 4 aromatic rings. The molecule has 0 aliphatic carbocycles. The van der Waals surface area contributed by atoms with E-state index in [4.69, 9.17) is 4.74 Å². The molecular formula is C28H25FN4O3. The predicted molar refractivity (Wildman–Crippen MR) is 134 cm³/mol. The number of ether oxygens (including phenoxy) is 1. The van der Waals surface area contributed by atoms with Crippen LogP contribution in [0.1, 0.15) is 23.0 Å². The van der Waals surface area contributed by atoms with E-state index in [1.807, 2.05) is 54.6 Å². The summed E-state index contributed by atoms with van der Waals surface area (Å²) < 4.78 is 21.0. The number of hydrogen-bond donors (Lipinski definition) is 1. The van der Waals surface area contributed by atoms with Crippen LogP contribution in [-0.2, 0) is 17.9 Å². The predicted octanol–water partition coefficient (Wildman–Crippen LogP) is 4.43. The van der Waals surface area contributed by atoms with E-state index in [2.05, 4.69) is 10.4 Å². The summed E-state index contributed by atoms with van der Waals surface area (Å²) in [5, 5.41) is 7.59. The highest BCUT2D eigenvalue weighted by molar-refractivity contribution is 6.12. The number of anilines is 1. The third kappa shape index (κ3) is 4.22. The first-order valence-corrected chi connectivity index (χ1v) is 11.5. The standard InChI is InChI=1S/C28H25FN4O3/c1-28(27(35)30-17-19-7-4-3-5-8-19)18-32-25(26(34)33(28)22-10-6-9-21(29)15-22)16-24(31-32)20-11-13-23(36-2)14-12-20/h3-16H,17-18H2,1-2H3,(H,30,35)/t28-/m1/s1. The van der Waals surface area contributed by atoms with Gasteiger partial charge in [0, 0.05) is 17.8 Å². The minimum Gasteiger partial charge on any atom is -0.497 e. The molecule has 7 nitrogen and oxygen atoms in total. The zero-order valence-corrected chi connectivity index (χ0v) is 19.9. The summed E-state index contributed by atoms with van der Waals surface area (Å²) in [4.78, 5) is 28.8. The van der Waals surface area contributed by atoms with Crippen LogP contribution in [0.25, 0.3) is 11.3 Å². The molecule has 8 heteroatoms. The van der Waals surface area contributed by atoms with Gasteiger partial charge in [-0.25, -0.2) is 4.39 Å². The number of methoxy groups -OCH3 is 1. The Bertz CT molecular complexity index is 1420. The van der Waals surface area contributed by atoms with Crippen molar-refractivity contribution in [3.8, 4) is 17.0 Å². The van der Waals surface area contributed by atoms with Gasteiger partial charge < -0.3 is 10.1 Å². The molecular weight excluding hydrogens is 459 g/mol. The normalized spacial score (nSPS) is 17.0. The molecule has 0 unspecified atom stereocenters. The van der Waals surface area contributed by atoms with Crippen LogP contribution in [0, 0.1) is 5.82 Å². The van der Waals surface area contributed by atoms with Gasteiger partial charge in [-0.15, -0.1) is 0 Å². The number of benzene rings is 3. The SMILES string of the molecule is COc1ccc(-c2cc3n(n2)C[C@](C)(C(=O)NCc2ccccc2)N(c2cccc(F)c2)C3=O)cc1. The van der Waals surface area contributed by atoms with Gasteiger partial charge in [0.25, 0.3) is 5.91 Å². The van der Waals surface area contributed by atoms with Gasteiger partial charge in [0.1, 0.15) is 22.8 Å². The molecule has 1 aliphatic heterocycles. The second-order valence-electron chi connectivity index (χ2n) is 8.86. The number of halogens is 1. The quantitative estimate of drug-likeness (QED) is 0.439. The van der Waals surface area contributed by atoms with E-state index >= 15 is 0 Å².